The lowest BCUT2D eigenvalue weighted by atomic mass is 9.99. The lowest BCUT2D eigenvalue weighted by Crippen LogP contribution is -2.43. The number of ether oxygens (including phenoxy) is 2. The number of aromatic nitrogens is 1. The van der Waals surface area contributed by atoms with Crippen LogP contribution in [0.1, 0.15) is 24.3 Å². The van der Waals surface area contributed by atoms with E-state index < -0.39 is 12.1 Å². The second kappa shape index (κ2) is 10.2. The van der Waals surface area contributed by atoms with E-state index in [0.717, 1.165) is 25.9 Å². The number of fused-ring (bicyclic) bond motifs is 1. The largest absolute Gasteiger partial charge is 0.490 e. The Balaban J connectivity index is 0.000000321. The average molecular weight is 408 g/mol. The van der Waals surface area contributed by atoms with Crippen LogP contribution >= 0.6 is 11.3 Å². The Morgan fingerprint density at radius 1 is 1.48 bits per heavy atom. The SMILES string of the molecule is C=CCOC[C@@H]1CC[C@H]2[C@H](CCN2Cc2nccs2)O1.O=C(O)C(F)(F)F. The Hall–Kier alpha value is -1.49. The molecule has 0 aliphatic carbocycles. The minimum atomic E-state index is -5.08. The maximum atomic E-state index is 10.6. The van der Waals surface area contributed by atoms with Crippen LogP contribution in [-0.2, 0) is 20.8 Å². The summed E-state index contributed by atoms with van der Waals surface area (Å²) < 4.78 is 43.4. The Morgan fingerprint density at radius 2 is 2.22 bits per heavy atom. The molecule has 2 aliphatic heterocycles. The number of likely N-dealkylation sites (tertiary alicyclic amines) is 1. The summed E-state index contributed by atoms with van der Waals surface area (Å²) in [7, 11) is 0. The summed E-state index contributed by atoms with van der Waals surface area (Å²) in [6, 6.07) is 0.564. The summed E-state index contributed by atoms with van der Waals surface area (Å²) in [5, 5.41) is 10.4. The zero-order valence-electron chi connectivity index (χ0n) is 14.7. The summed E-state index contributed by atoms with van der Waals surface area (Å²) in [5.74, 6) is -2.76. The van der Waals surface area contributed by atoms with Gasteiger partial charge in [0.1, 0.15) is 5.01 Å². The number of rotatable bonds is 6. The molecule has 2 aliphatic rings. The molecule has 0 spiro atoms. The van der Waals surface area contributed by atoms with Crippen LogP contribution in [0.15, 0.2) is 24.2 Å². The molecule has 3 atom stereocenters. The summed E-state index contributed by atoms with van der Waals surface area (Å²) in [4.78, 5) is 15.8. The zero-order chi connectivity index (χ0) is 19.9. The second-order valence-corrected chi connectivity index (χ2v) is 7.23. The fourth-order valence-electron chi connectivity index (χ4n) is 3.19. The predicted molar refractivity (Wildman–Crippen MR) is 93.5 cm³/mol. The minimum Gasteiger partial charge on any atom is -0.475 e. The van der Waals surface area contributed by atoms with Gasteiger partial charge in [-0.2, -0.15) is 13.2 Å². The van der Waals surface area contributed by atoms with Crippen LogP contribution in [0.5, 0.6) is 0 Å². The lowest BCUT2D eigenvalue weighted by molar-refractivity contribution is -0.192. The van der Waals surface area contributed by atoms with Crippen LogP contribution in [0.2, 0.25) is 0 Å². The molecule has 0 radical (unpaired) electrons. The highest BCUT2D eigenvalue weighted by atomic mass is 32.1. The molecule has 0 saturated carbocycles. The molecule has 0 unspecified atom stereocenters. The van der Waals surface area contributed by atoms with Crippen molar-refractivity contribution >= 4 is 17.3 Å². The maximum Gasteiger partial charge on any atom is 0.490 e. The first-order valence-corrected chi connectivity index (χ1v) is 9.46. The third kappa shape index (κ3) is 6.87. The van der Waals surface area contributed by atoms with Crippen molar-refractivity contribution in [2.24, 2.45) is 0 Å². The molecule has 1 aromatic rings. The topological polar surface area (TPSA) is 71.9 Å². The first kappa shape index (κ1) is 21.8. The van der Waals surface area contributed by atoms with Crippen LogP contribution < -0.4 is 0 Å². The molecule has 152 valence electrons. The molecule has 2 fully saturated rings. The number of halogens is 3. The smallest absolute Gasteiger partial charge is 0.475 e. The van der Waals surface area contributed by atoms with Gasteiger partial charge in [0.25, 0.3) is 0 Å². The van der Waals surface area contributed by atoms with E-state index in [1.54, 1.807) is 17.4 Å². The van der Waals surface area contributed by atoms with Crippen LogP contribution in [0.4, 0.5) is 13.2 Å². The molecule has 2 saturated heterocycles. The van der Waals surface area contributed by atoms with Gasteiger partial charge in [-0.3, -0.25) is 4.90 Å². The number of carboxylic acid groups (broad SMARTS) is 1. The molecule has 10 heteroatoms. The van der Waals surface area contributed by atoms with E-state index >= 15 is 0 Å². The number of carboxylic acids is 1. The highest BCUT2D eigenvalue weighted by Gasteiger charge is 2.40. The van der Waals surface area contributed by atoms with Crippen molar-refractivity contribution in [2.75, 3.05) is 19.8 Å². The highest BCUT2D eigenvalue weighted by molar-refractivity contribution is 7.09. The van der Waals surface area contributed by atoms with Gasteiger partial charge >= 0.3 is 12.1 Å². The molecule has 27 heavy (non-hydrogen) atoms. The van der Waals surface area contributed by atoms with Crippen LogP contribution in [0.3, 0.4) is 0 Å². The molecule has 6 nitrogen and oxygen atoms in total. The van der Waals surface area contributed by atoms with Gasteiger partial charge in [0, 0.05) is 24.2 Å². The number of aliphatic carboxylic acids is 1. The summed E-state index contributed by atoms with van der Waals surface area (Å²) >= 11 is 1.74. The molecule has 3 rings (SSSR count). The van der Waals surface area contributed by atoms with Crippen molar-refractivity contribution in [2.45, 2.75) is 50.2 Å². The van der Waals surface area contributed by atoms with Gasteiger partial charge in [0.05, 0.1) is 32.0 Å². The average Bonchev–Trinajstić information content (AvgIpc) is 3.25. The second-order valence-electron chi connectivity index (χ2n) is 6.26. The third-order valence-corrected chi connectivity index (χ3v) is 5.12. The van der Waals surface area contributed by atoms with Crippen molar-refractivity contribution < 1.29 is 32.5 Å². The number of nitrogens with zero attached hydrogens (tertiary/aromatic N) is 2. The van der Waals surface area contributed by atoms with E-state index in [-0.39, 0.29) is 6.10 Å². The molecule has 0 aromatic carbocycles. The van der Waals surface area contributed by atoms with Gasteiger partial charge in [-0.1, -0.05) is 6.08 Å². The lowest BCUT2D eigenvalue weighted by Gasteiger charge is -2.35. The van der Waals surface area contributed by atoms with E-state index in [4.69, 9.17) is 19.4 Å². The maximum absolute atomic E-state index is 10.6. The van der Waals surface area contributed by atoms with Gasteiger partial charge < -0.3 is 14.6 Å². The van der Waals surface area contributed by atoms with E-state index in [9.17, 15) is 13.2 Å². The fourth-order valence-corrected chi connectivity index (χ4v) is 3.83. The third-order valence-electron chi connectivity index (χ3n) is 4.35. The number of alkyl halides is 3. The first-order chi connectivity index (χ1) is 12.8. The summed E-state index contributed by atoms with van der Waals surface area (Å²) in [6.07, 6.45) is 2.66. The van der Waals surface area contributed by atoms with Crippen LogP contribution in [-0.4, -0.2) is 65.1 Å². The van der Waals surface area contributed by atoms with E-state index in [0.29, 0.717) is 25.4 Å². The number of carbonyl (C=O) groups is 1. The molecule has 0 bridgehead atoms. The molecular weight excluding hydrogens is 385 g/mol. The zero-order valence-corrected chi connectivity index (χ0v) is 15.5. The summed E-state index contributed by atoms with van der Waals surface area (Å²) in [5.41, 5.74) is 0. The van der Waals surface area contributed by atoms with Crippen molar-refractivity contribution in [3.8, 4) is 0 Å². The summed E-state index contributed by atoms with van der Waals surface area (Å²) in [6.45, 7) is 7.07. The molecule has 1 N–H and O–H groups in total. The predicted octanol–water partition coefficient (Wildman–Crippen LogP) is 3.10. The Morgan fingerprint density at radius 3 is 2.81 bits per heavy atom. The fraction of sp³-hybridized carbons (Fsp3) is 0.647. The van der Waals surface area contributed by atoms with Crippen molar-refractivity contribution in [1.82, 2.24) is 9.88 Å². The quantitative estimate of drug-likeness (QED) is 0.576. The van der Waals surface area contributed by atoms with Crippen molar-refractivity contribution in [1.29, 1.82) is 0 Å². The molecule has 0 amide bonds. The van der Waals surface area contributed by atoms with Gasteiger partial charge in [-0.25, -0.2) is 9.78 Å². The van der Waals surface area contributed by atoms with Crippen LogP contribution in [0, 0.1) is 0 Å². The molecule has 3 heterocycles. The van der Waals surface area contributed by atoms with E-state index in [1.807, 2.05) is 11.6 Å². The van der Waals surface area contributed by atoms with Gasteiger partial charge in [0.15, 0.2) is 0 Å². The Kier molecular flexibility index (Phi) is 8.21. The minimum absolute atomic E-state index is 0.260. The number of hydrogen-bond donors (Lipinski definition) is 1. The Labute approximate surface area is 159 Å². The monoisotopic (exact) mass is 408 g/mol. The molecular formula is C17H23F3N2O4S. The molecule has 1 aromatic heterocycles. The van der Waals surface area contributed by atoms with Gasteiger partial charge in [-0.05, 0) is 19.3 Å². The Bertz CT molecular complexity index is 597. The van der Waals surface area contributed by atoms with Crippen LogP contribution in [0.25, 0.3) is 0 Å². The highest BCUT2D eigenvalue weighted by Crippen LogP contribution is 2.32. The van der Waals surface area contributed by atoms with Crippen molar-refractivity contribution in [3.63, 3.8) is 0 Å². The number of hydrogen-bond acceptors (Lipinski definition) is 6. The standard InChI is InChI=1S/C15H22N2O2S.C2HF3O2/c1-2-8-18-11-12-3-4-13-14(19-12)5-7-17(13)10-15-16-6-9-20-15;3-2(4,5)1(6)7/h2,6,9,12-14H,1,3-5,7-8,10-11H2;(H,6,7)/t12-,13-,14-;/m0./s1. The first-order valence-electron chi connectivity index (χ1n) is 8.58. The van der Waals surface area contributed by atoms with E-state index in [2.05, 4.69) is 16.5 Å². The van der Waals surface area contributed by atoms with Gasteiger partial charge in [0.2, 0.25) is 0 Å². The van der Waals surface area contributed by atoms with E-state index in [1.165, 1.54) is 11.4 Å². The normalized spacial score (nSPS) is 25.4. The van der Waals surface area contributed by atoms with Gasteiger partial charge in [-0.15, -0.1) is 17.9 Å². The number of thiazole rings is 1. The van der Waals surface area contributed by atoms with Crippen molar-refractivity contribution in [3.05, 3.63) is 29.2 Å².